The van der Waals surface area contributed by atoms with E-state index in [0.717, 1.165) is 29.4 Å². The summed E-state index contributed by atoms with van der Waals surface area (Å²) < 4.78 is 5.86. The molecule has 3 nitrogen and oxygen atoms in total. The van der Waals surface area contributed by atoms with Crippen LogP contribution in [-0.4, -0.2) is 16.8 Å². The lowest BCUT2D eigenvalue weighted by Gasteiger charge is -2.21. The number of halogens is 1. The van der Waals surface area contributed by atoms with Crippen LogP contribution < -0.4 is 0 Å². The summed E-state index contributed by atoms with van der Waals surface area (Å²) in [5.74, 6) is 0.354. The van der Waals surface area contributed by atoms with Crippen LogP contribution in [-0.2, 0) is 6.54 Å². The van der Waals surface area contributed by atoms with Crippen molar-refractivity contribution in [2.45, 2.75) is 32.4 Å². The summed E-state index contributed by atoms with van der Waals surface area (Å²) in [5, 5.41) is 1.44. The average molecular weight is 340 g/mol. The van der Waals surface area contributed by atoms with Gasteiger partial charge in [-0.25, -0.2) is 0 Å². The number of benzene rings is 2. The summed E-state index contributed by atoms with van der Waals surface area (Å²) in [6.07, 6.45) is 2.11. The molecule has 0 atom stereocenters. The molecule has 24 heavy (non-hydrogen) atoms. The first kappa shape index (κ1) is 15.3. The highest BCUT2D eigenvalue weighted by Crippen LogP contribution is 2.34. The molecule has 1 aliphatic carbocycles. The zero-order chi connectivity index (χ0) is 16.7. The highest BCUT2D eigenvalue weighted by atomic mass is 35.5. The van der Waals surface area contributed by atoms with Crippen LogP contribution >= 0.6 is 11.6 Å². The van der Waals surface area contributed by atoms with E-state index in [9.17, 15) is 4.79 Å². The Hall–Kier alpha value is -2.26. The topological polar surface area (TPSA) is 33.5 Å². The summed E-state index contributed by atoms with van der Waals surface area (Å²) >= 11 is 6.21. The average Bonchev–Trinajstić information content (AvgIpc) is 3.38. The van der Waals surface area contributed by atoms with Crippen molar-refractivity contribution in [3.05, 3.63) is 70.4 Å². The number of fused-ring (bicyclic) bond motifs is 1. The normalized spacial score (nSPS) is 14.1. The van der Waals surface area contributed by atoms with Crippen molar-refractivity contribution in [3.8, 4) is 0 Å². The molecule has 0 N–H and O–H groups in total. The first-order valence-corrected chi connectivity index (χ1v) is 8.55. The fourth-order valence-corrected chi connectivity index (χ4v) is 3.29. The highest BCUT2D eigenvalue weighted by Gasteiger charge is 2.35. The molecule has 1 fully saturated rings. The molecule has 2 aromatic carbocycles. The van der Waals surface area contributed by atoms with E-state index < -0.39 is 0 Å². The van der Waals surface area contributed by atoms with E-state index in [-0.39, 0.29) is 5.91 Å². The van der Waals surface area contributed by atoms with Gasteiger partial charge < -0.3 is 9.32 Å². The molecule has 1 amide bonds. The number of hydrogen-bond acceptors (Lipinski definition) is 2. The van der Waals surface area contributed by atoms with Crippen molar-refractivity contribution in [1.82, 2.24) is 4.90 Å². The molecule has 1 aliphatic rings. The van der Waals surface area contributed by atoms with Crippen LogP contribution in [0.2, 0.25) is 5.02 Å². The van der Waals surface area contributed by atoms with Gasteiger partial charge in [0.2, 0.25) is 0 Å². The molecule has 1 saturated carbocycles. The zero-order valence-corrected chi connectivity index (χ0v) is 14.2. The maximum absolute atomic E-state index is 13.1. The summed E-state index contributed by atoms with van der Waals surface area (Å²) in [4.78, 5) is 15.0. The van der Waals surface area contributed by atoms with Gasteiger partial charge in [0.15, 0.2) is 11.3 Å². The SMILES string of the molecule is Cc1c(C(=O)N(Cc2ccccc2)C2CC2)oc2c(Cl)cccc12. The van der Waals surface area contributed by atoms with Crippen LogP contribution in [0.25, 0.3) is 11.0 Å². The number of amides is 1. The molecule has 1 aromatic heterocycles. The number of furan rings is 1. The van der Waals surface area contributed by atoms with Crippen molar-refractivity contribution < 1.29 is 9.21 Å². The van der Waals surface area contributed by atoms with Crippen LogP contribution in [0.3, 0.4) is 0 Å². The van der Waals surface area contributed by atoms with Crippen molar-refractivity contribution >= 4 is 28.5 Å². The fraction of sp³-hybridized carbons (Fsp3) is 0.250. The second-order valence-electron chi connectivity index (χ2n) is 6.32. The molecule has 1 heterocycles. The van der Waals surface area contributed by atoms with Gasteiger partial charge >= 0.3 is 0 Å². The zero-order valence-electron chi connectivity index (χ0n) is 13.5. The number of para-hydroxylation sites is 1. The van der Waals surface area contributed by atoms with E-state index in [4.69, 9.17) is 16.0 Å². The fourth-order valence-electron chi connectivity index (χ4n) is 3.08. The lowest BCUT2D eigenvalue weighted by Crippen LogP contribution is -2.32. The molecule has 0 saturated heterocycles. The number of rotatable bonds is 4. The summed E-state index contributed by atoms with van der Waals surface area (Å²) in [6, 6.07) is 16.0. The van der Waals surface area contributed by atoms with Crippen LogP contribution in [0, 0.1) is 6.92 Å². The van der Waals surface area contributed by atoms with E-state index in [1.807, 2.05) is 54.3 Å². The minimum atomic E-state index is -0.0499. The van der Waals surface area contributed by atoms with Gasteiger partial charge in [0.25, 0.3) is 5.91 Å². The second kappa shape index (κ2) is 5.99. The monoisotopic (exact) mass is 339 g/mol. The molecular formula is C20H18ClNO2. The van der Waals surface area contributed by atoms with Crippen LogP contribution in [0.1, 0.15) is 34.5 Å². The Balaban J connectivity index is 1.70. The quantitative estimate of drug-likeness (QED) is 0.654. The molecule has 122 valence electrons. The van der Waals surface area contributed by atoms with Crippen LogP contribution in [0.15, 0.2) is 52.9 Å². The minimum Gasteiger partial charge on any atom is -0.449 e. The van der Waals surface area contributed by atoms with Gasteiger partial charge in [-0.3, -0.25) is 4.79 Å². The lowest BCUT2D eigenvalue weighted by molar-refractivity contribution is 0.0699. The number of hydrogen-bond donors (Lipinski definition) is 0. The molecule has 0 unspecified atom stereocenters. The molecule has 0 bridgehead atoms. The van der Waals surface area contributed by atoms with E-state index in [0.29, 0.717) is 29.0 Å². The first-order valence-electron chi connectivity index (χ1n) is 8.17. The van der Waals surface area contributed by atoms with Gasteiger partial charge in [0.05, 0.1) is 5.02 Å². The number of carbonyl (C=O) groups is 1. The van der Waals surface area contributed by atoms with Crippen molar-refractivity contribution in [2.24, 2.45) is 0 Å². The van der Waals surface area contributed by atoms with Gasteiger partial charge in [-0.05, 0) is 31.4 Å². The lowest BCUT2D eigenvalue weighted by atomic mass is 10.1. The molecule has 3 aromatic rings. The van der Waals surface area contributed by atoms with Gasteiger partial charge in [0, 0.05) is 23.5 Å². The maximum atomic E-state index is 13.1. The molecule has 4 rings (SSSR count). The first-order chi connectivity index (χ1) is 11.6. The third-order valence-electron chi connectivity index (χ3n) is 4.55. The number of carbonyl (C=O) groups excluding carboxylic acids is 1. The predicted octanol–water partition coefficient (Wildman–Crippen LogP) is 5.20. The number of aryl methyl sites for hydroxylation is 1. The molecule has 0 radical (unpaired) electrons. The molecular weight excluding hydrogens is 322 g/mol. The van der Waals surface area contributed by atoms with Crippen molar-refractivity contribution in [3.63, 3.8) is 0 Å². The molecule has 0 spiro atoms. The Morgan fingerprint density at radius 1 is 1.17 bits per heavy atom. The van der Waals surface area contributed by atoms with Crippen LogP contribution in [0.4, 0.5) is 0 Å². The Morgan fingerprint density at radius 3 is 2.58 bits per heavy atom. The smallest absolute Gasteiger partial charge is 0.290 e. The van der Waals surface area contributed by atoms with E-state index in [2.05, 4.69) is 0 Å². The summed E-state index contributed by atoms with van der Waals surface area (Å²) in [7, 11) is 0. The van der Waals surface area contributed by atoms with Gasteiger partial charge in [-0.15, -0.1) is 0 Å². The Bertz CT molecular complexity index is 897. The van der Waals surface area contributed by atoms with Gasteiger partial charge in [0.1, 0.15) is 0 Å². The Kier molecular flexibility index (Phi) is 3.81. The largest absolute Gasteiger partial charge is 0.449 e. The Morgan fingerprint density at radius 2 is 1.92 bits per heavy atom. The van der Waals surface area contributed by atoms with Gasteiger partial charge in [-0.2, -0.15) is 0 Å². The third-order valence-corrected chi connectivity index (χ3v) is 4.85. The van der Waals surface area contributed by atoms with Gasteiger partial charge in [-0.1, -0.05) is 54.1 Å². The third kappa shape index (κ3) is 2.69. The molecule has 0 aliphatic heterocycles. The van der Waals surface area contributed by atoms with E-state index in [1.54, 1.807) is 6.07 Å². The standard InChI is InChI=1S/C20H18ClNO2/c1-13-16-8-5-9-17(21)19(16)24-18(13)20(23)22(15-10-11-15)12-14-6-3-2-4-7-14/h2-9,15H,10-12H2,1H3. The summed E-state index contributed by atoms with van der Waals surface area (Å²) in [5.41, 5.74) is 2.58. The van der Waals surface area contributed by atoms with E-state index >= 15 is 0 Å². The number of nitrogens with zero attached hydrogens (tertiary/aromatic N) is 1. The van der Waals surface area contributed by atoms with E-state index in [1.165, 1.54) is 0 Å². The van der Waals surface area contributed by atoms with Crippen molar-refractivity contribution in [2.75, 3.05) is 0 Å². The maximum Gasteiger partial charge on any atom is 0.290 e. The predicted molar refractivity (Wildman–Crippen MR) is 95.3 cm³/mol. The molecule has 4 heteroatoms. The minimum absolute atomic E-state index is 0.0499. The highest BCUT2D eigenvalue weighted by molar-refractivity contribution is 6.35. The summed E-state index contributed by atoms with van der Waals surface area (Å²) in [6.45, 7) is 2.53. The van der Waals surface area contributed by atoms with Crippen molar-refractivity contribution in [1.29, 1.82) is 0 Å². The second-order valence-corrected chi connectivity index (χ2v) is 6.73. The van der Waals surface area contributed by atoms with Crippen LogP contribution in [0.5, 0.6) is 0 Å². The Labute approximate surface area is 145 Å².